The summed E-state index contributed by atoms with van der Waals surface area (Å²) in [5.74, 6) is -0.0870. The van der Waals surface area contributed by atoms with Crippen LogP contribution < -0.4 is 5.32 Å². The minimum absolute atomic E-state index is 0.148. The molecular weight excluding hydrogens is 274 g/mol. The van der Waals surface area contributed by atoms with E-state index in [1.54, 1.807) is 11.3 Å². The average molecular weight is 297 g/mol. The van der Waals surface area contributed by atoms with Crippen LogP contribution in [0.1, 0.15) is 32.4 Å². The van der Waals surface area contributed by atoms with Crippen LogP contribution in [0.2, 0.25) is 0 Å². The van der Waals surface area contributed by atoms with Crippen LogP contribution in [0.4, 0.5) is 5.13 Å². The van der Waals surface area contributed by atoms with Crippen LogP contribution in [-0.2, 0) is 11.2 Å². The van der Waals surface area contributed by atoms with Gasteiger partial charge in [-0.05, 0) is 32.7 Å². The molecule has 1 unspecified atom stereocenters. The first-order chi connectivity index (χ1) is 9.54. The van der Waals surface area contributed by atoms with Crippen molar-refractivity contribution in [2.75, 3.05) is 25.0 Å². The van der Waals surface area contributed by atoms with Gasteiger partial charge in [-0.1, -0.05) is 0 Å². The number of aryl methyl sites for hydroxylation is 1. The molecule has 0 aliphatic carbocycles. The third kappa shape index (κ3) is 4.45. The number of likely N-dealkylation sites (tertiary alicyclic amines) is 1. The zero-order chi connectivity index (χ0) is 14.5. The molecule has 0 saturated carbocycles. The molecule has 6 heteroatoms. The van der Waals surface area contributed by atoms with Crippen LogP contribution in [0.3, 0.4) is 0 Å². The van der Waals surface area contributed by atoms with Crippen LogP contribution in [0.5, 0.6) is 0 Å². The maximum absolute atomic E-state index is 10.5. The van der Waals surface area contributed by atoms with Gasteiger partial charge in [-0.3, -0.25) is 4.79 Å². The second-order valence-corrected chi connectivity index (χ2v) is 6.52. The molecule has 1 fully saturated rings. The lowest BCUT2D eigenvalue weighted by atomic mass is 10.1. The molecule has 112 valence electrons. The fourth-order valence-electron chi connectivity index (χ4n) is 2.47. The van der Waals surface area contributed by atoms with Crippen molar-refractivity contribution in [3.05, 3.63) is 11.1 Å². The van der Waals surface area contributed by atoms with Gasteiger partial charge in [0.25, 0.3) is 0 Å². The highest BCUT2D eigenvalue weighted by molar-refractivity contribution is 7.13. The van der Waals surface area contributed by atoms with E-state index in [-0.39, 0.29) is 6.42 Å². The summed E-state index contributed by atoms with van der Waals surface area (Å²) in [7, 11) is 0. The molecule has 0 bridgehead atoms. The number of thiazole rings is 1. The highest BCUT2D eigenvalue weighted by Crippen LogP contribution is 2.21. The Bertz CT molecular complexity index is 447. The van der Waals surface area contributed by atoms with Gasteiger partial charge in [-0.2, -0.15) is 0 Å². The molecule has 1 aliphatic heterocycles. The Labute approximate surface area is 124 Å². The molecule has 1 aromatic rings. The molecule has 1 aromatic heterocycles. The number of nitrogens with one attached hydrogen (secondary N) is 1. The van der Waals surface area contributed by atoms with Gasteiger partial charge >= 0.3 is 5.97 Å². The summed E-state index contributed by atoms with van der Waals surface area (Å²) in [4.78, 5) is 17.5. The molecule has 2 heterocycles. The average Bonchev–Trinajstić information content (AvgIpc) is 3.03. The lowest BCUT2D eigenvalue weighted by Gasteiger charge is -2.20. The fourth-order valence-corrected chi connectivity index (χ4v) is 3.22. The number of carboxylic acids is 1. The second kappa shape index (κ2) is 7.04. The molecule has 0 spiro atoms. The predicted octanol–water partition coefficient (Wildman–Crippen LogP) is 2.30. The van der Waals surface area contributed by atoms with Crippen molar-refractivity contribution < 1.29 is 9.90 Å². The zero-order valence-corrected chi connectivity index (χ0v) is 12.9. The van der Waals surface area contributed by atoms with Crippen molar-refractivity contribution in [2.45, 2.75) is 39.2 Å². The van der Waals surface area contributed by atoms with E-state index in [1.807, 2.05) is 5.38 Å². The first kappa shape index (κ1) is 15.3. The first-order valence-electron chi connectivity index (χ1n) is 7.18. The number of aliphatic carboxylic acids is 1. The number of carbonyl (C=O) groups is 1. The van der Waals surface area contributed by atoms with Gasteiger partial charge in [0.05, 0.1) is 12.1 Å². The minimum Gasteiger partial charge on any atom is -0.481 e. The third-order valence-electron chi connectivity index (χ3n) is 3.74. The van der Waals surface area contributed by atoms with Crippen LogP contribution in [0.25, 0.3) is 0 Å². The number of rotatable bonds is 7. The molecular formula is C14H23N3O2S. The van der Waals surface area contributed by atoms with Crippen LogP contribution >= 0.6 is 11.3 Å². The fraction of sp³-hybridized carbons (Fsp3) is 0.714. The normalized spacial score (nSPS) is 19.6. The number of hydrogen-bond acceptors (Lipinski definition) is 5. The Balaban J connectivity index is 1.73. The third-order valence-corrected chi connectivity index (χ3v) is 4.59. The van der Waals surface area contributed by atoms with Crippen LogP contribution in [0, 0.1) is 5.92 Å². The van der Waals surface area contributed by atoms with Crippen molar-refractivity contribution >= 4 is 22.4 Å². The molecule has 2 N–H and O–H groups in total. The van der Waals surface area contributed by atoms with E-state index in [9.17, 15) is 4.79 Å². The Kier molecular flexibility index (Phi) is 5.37. The van der Waals surface area contributed by atoms with Crippen LogP contribution in [-0.4, -0.2) is 46.6 Å². The summed E-state index contributed by atoms with van der Waals surface area (Å²) < 4.78 is 0. The van der Waals surface area contributed by atoms with E-state index in [0.29, 0.717) is 18.4 Å². The van der Waals surface area contributed by atoms with Gasteiger partial charge in [-0.15, -0.1) is 11.3 Å². The van der Waals surface area contributed by atoms with Gasteiger partial charge in [0.2, 0.25) is 0 Å². The number of nitrogens with zero attached hydrogens (tertiary/aromatic N) is 2. The van der Waals surface area contributed by atoms with Gasteiger partial charge in [0.15, 0.2) is 5.13 Å². The van der Waals surface area contributed by atoms with Crippen molar-refractivity contribution in [3.63, 3.8) is 0 Å². The molecule has 0 aromatic carbocycles. The molecule has 2 rings (SSSR count). The molecule has 0 radical (unpaired) electrons. The number of anilines is 1. The molecule has 1 atom stereocenters. The largest absolute Gasteiger partial charge is 0.481 e. The van der Waals surface area contributed by atoms with Crippen molar-refractivity contribution in [2.24, 2.45) is 5.92 Å². The zero-order valence-electron chi connectivity index (χ0n) is 12.1. The van der Waals surface area contributed by atoms with E-state index >= 15 is 0 Å². The van der Waals surface area contributed by atoms with Crippen molar-refractivity contribution in [3.8, 4) is 0 Å². The Hall–Kier alpha value is -1.14. The number of aromatic nitrogens is 1. The summed E-state index contributed by atoms with van der Waals surface area (Å²) in [5, 5.41) is 14.9. The predicted molar refractivity (Wildman–Crippen MR) is 81.4 cm³/mol. The standard InChI is InChI=1S/C14H23N3O2S/c1-10(2)17-6-5-11(8-17)7-15-14-16-12(9-20-14)3-4-13(18)19/h9-11H,3-8H2,1-2H3,(H,15,16)(H,18,19). The lowest BCUT2D eigenvalue weighted by Crippen LogP contribution is -2.29. The number of carboxylic acid groups (broad SMARTS) is 1. The highest BCUT2D eigenvalue weighted by Gasteiger charge is 2.23. The van der Waals surface area contributed by atoms with E-state index < -0.39 is 5.97 Å². The maximum atomic E-state index is 10.5. The van der Waals surface area contributed by atoms with E-state index in [0.717, 1.165) is 23.9 Å². The summed E-state index contributed by atoms with van der Waals surface area (Å²) in [6.45, 7) is 7.78. The molecule has 0 amide bonds. The Morgan fingerprint density at radius 1 is 1.65 bits per heavy atom. The van der Waals surface area contributed by atoms with Gasteiger partial charge in [0.1, 0.15) is 0 Å². The smallest absolute Gasteiger partial charge is 0.303 e. The summed E-state index contributed by atoms with van der Waals surface area (Å²) in [5.41, 5.74) is 0.870. The SMILES string of the molecule is CC(C)N1CCC(CNc2nc(CCC(=O)O)cs2)C1. The Morgan fingerprint density at radius 3 is 3.10 bits per heavy atom. The van der Waals surface area contributed by atoms with E-state index in [1.165, 1.54) is 13.0 Å². The topological polar surface area (TPSA) is 65.5 Å². The van der Waals surface area contributed by atoms with E-state index in [2.05, 4.69) is 29.0 Å². The first-order valence-corrected chi connectivity index (χ1v) is 8.06. The van der Waals surface area contributed by atoms with Crippen molar-refractivity contribution in [1.82, 2.24) is 9.88 Å². The monoisotopic (exact) mass is 297 g/mol. The summed E-state index contributed by atoms with van der Waals surface area (Å²) in [6, 6.07) is 0.627. The molecule has 5 nitrogen and oxygen atoms in total. The van der Waals surface area contributed by atoms with Crippen LogP contribution in [0.15, 0.2) is 5.38 Å². The molecule has 20 heavy (non-hydrogen) atoms. The summed E-state index contributed by atoms with van der Waals surface area (Å²) >= 11 is 1.56. The second-order valence-electron chi connectivity index (χ2n) is 5.66. The van der Waals surface area contributed by atoms with Crippen molar-refractivity contribution in [1.29, 1.82) is 0 Å². The van der Waals surface area contributed by atoms with Gasteiger partial charge in [-0.25, -0.2) is 4.98 Å². The highest BCUT2D eigenvalue weighted by atomic mass is 32.1. The van der Waals surface area contributed by atoms with Gasteiger partial charge in [0, 0.05) is 30.9 Å². The lowest BCUT2D eigenvalue weighted by molar-refractivity contribution is -0.136. The Morgan fingerprint density at radius 2 is 2.45 bits per heavy atom. The quantitative estimate of drug-likeness (QED) is 0.808. The van der Waals surface area contributed by atoms with Gasteiger partial charge < -0.3 is 15.3 Å². The number of hydrogen-bond donors (Lipinski definition) is 2. The molecule has 1 saturated heterocycles. The maximum Gasteiger partial charge on any atom is 0.303 e. The minimum atomic E-state index is -0.771. The summed E-state index contributed by atoms with van der Waals surface area (Å²) in [6.07, 6.45) is 1.90. The van der Waals surface area contributed by atoms with E-state index in [4.69, 9.17) is 5.11 Å². The molecule has 1 aliphatic rings.